The van der Waals surface area contributed by atoms with E-state index in [-0.39, 0.29) is 5.69 Å². The largest absolute Gasteiger partial charge is 0.481 e. The van der Waals surface area contributed by atoms with E-state index in [1.807, 2.05) is 12.1 Å². The molecule has 0 saturated heterocycles. The molecule has 0 saturated carbocycles. The molecule has 0 aliphatic heterocycles. The first-order chi connectivity index (χ1) is 12.3. The van der Waals surface area contributed by atoms with Crippen LogP contribution in [0.1, 0.15) is 36.5 Å². The molecule has 1 N–H and O–H groups in total. The predicted molar refractivity (Wildman–Crippen MR) is 93.2 cm³/mol. The molecule has 0 spiro atoms. The number of carbonyl (C=O) groups excluding carboxylic acids is 1. The summed E-state index contributed by atoms with van der Waals surface area (Å²) >= 11 is 0. The number of halogens is 3. The van der Waals surface area contributed by atoms with Gasteiger partial charge in [0.15, 0.2) is 6.10 Å². The maximum absolute atomic E-state index is 13.0. The lowest BCUT2D eigenvalue weighted by Crippen LogP contribution is -2.31. The summed E-state index contributed by atoms with van der Waals surface area (Å²) in [5, 5.41) is 2.32. The highest BCUT2D eigenvalue weighted by Gasteiger charge is 2.34. The van der Waals surface area contributed by atoms with Crippen LogP contribution in [-0.2, 0) is 23.8 Å². The van der Waals surface area contributed by atoms with Gasteiger partial charge < -0.3 is 10.1 Å². The lowest BCUT2D eigenvalue weighted by molar-refractivity contribution is -0.137. The lowest BCUT2D eigenvalue weighted by Gasteiger charge is -2.20. The zero-order chi connectivity index (χ0) is 18.7. The predicted octanol–water partition coefficient (Wildman–Crippen LogP) is 4.99. The molecule has 1 atom stereocenters. The van der Waals surface area contributed by atoms with E-state index in [9.17, 15) is 18.0 Å². The van der Waals surface area contributed by atoms with E-state index < -0.39 is 23.8 Å². The molecule has 2 aromatic rings. The average Bonchev–Trinajstić information content (AvgIpc) is 2.61. The second-order valence-corrected chi connectivity index (χ2v) is 6.43. The molecule has 2 aromatic carbocycles. The van der Waals surface area contributed by atoms with Crippen molar-refractivity contribution in [2.45, 2.75) is 44.9 Å². The topological polar surface area (TPSA) is 38.3 Å². The molecule has 6 heteroatoms. The fourth-order valence-electron chi connectivity index (χ4n) is 3.11. The van der Waals surface area contributed by atoms with Crippen molar-refractivity contribution < 1.29 is 22.7 Å². The summed E-state index contributed by atoms with van der Waals surface area (Å²) in [5.74, 6) is -0.0724. The van der Waals surface area contributed by atoms with Crippen molar-refractivity contribution in [2.75, 3.05) is 5.32 Å². The first-order valence-electron chi connectivity index (χ1n) is 8.60. The van der Waals surface area contributed by atoms with Crippen molar-refractivity contribution in [1.82, 2.24) is 0 Å². The highest BCUT2D eigenvalue weighted by atomic mass is 19.4. The molecule has 138 valence electrons. The fraction of sp³-hybridized carbons (Fsp3) is 0.350. The third kappa shape index (κ3) is 4.18. The maximum Gasteiger partial charge on any atom is 0.418 e. The summed E-state index contributed by atoms with van der Waals surface area (Å²) in [4.78, 5) is 12.3. The zero-order valence-electron chi connectivity index (χ0n) is 14.4. The number of fused-ring (bicyclic) bond motifs is 1. The Bertz CT molecular complexity index is 802. The van der Waals surface area contributed by atoms with Gasteiger partial charge in [0, 0.05) is 0 Å². The molecule has 1 unspecified atom stereocenters. The van der Waals surface area contributed by atoms with Crippen molar-refractivity contribution in [3.63, 3.8) is 0 Å². The summed E-state index contributed by atoms with van der Waals surface area (Å²) in [6.07, 6.45) is -1.14. The van der Waals surface area contributed by atoms with Gasteiger partial charge in [-0.05, 0) is 68.0 Å². The average molecular weight is 363 g/mol. The number of aryl methyl sites for hydroxylation is 2. The van der Waals surface area contributed by atoms with Gasteiger partial charge in [-0.25, -0.2) is 0 Å². The maximum atomic E-state index is 13.0. The number of benzene rings is 2. The van der Waals surface area contributed by atoms with E-state index in [0.29, 0.717) is 5.75 Å². The van der Waals surface area contributed by atoms with E-state index in [0.717, 1.165) is 25.3 Å². The van der Waals surface area contributed by atoms with Crippen LogP contribution in [0.4, 0.5) is 18.9 Å². The van der Waals surface area contributed by atoms with Crippen molar-refractivity contribution in [3.05, 3.63) is 59.2 Å². The molecule has 3 rings (SSSR count). The number of alkyl halides is 3. The minimum Gasteiger partial charge on any atom is -0.481 e. The van der Waals surface area contributed by atoms with Crippen molar-refractivity contribution >= 4 is 11.6 Å². The number of rotatable bonds is 4. The Morgan fingerprint density at radius 1 is 1.08 bits per heavy atom. The van der Waals surface area contributed by atoms with E-state index in [1.54, 1.807) is 6.07 Å². The SMILES string of the molecule is CC(Oc1ccc2c(c1)CCCC2)C(=O)Nc1ccccc1C(F)(F)F. The third-order valence-corrected chi connectivity index (χ3v) is 4.49. The zero-order valence-corrected chi connectivity index (χ0v) is 14.4. The van der Waals surface area contributed by atoms with Crippen molar-refractivity contribution in [2.24, 2.45) is 0 Å². The van der Waals surface area contributed by atoms with E-state index in [2.05, 4.69) is 5.32 Å². The fourth-order valence-corrected chi connectivity index (χ4v) is 3.11. The summed E-state index contributed by atoms with van der Waals surface area (Å²) in [7, 11) is 0. The van der Waals surface area contributed by atoms with Gasteiger partial charge in [-0.1, -0.05) is 18.2 Å². The van der Waals surface area contributed by atoms with Gasteiger partial charge in [-0.15, -0.1) is 0 Å². The molecule has 1 aliphatic rings. The van der Waals surface area contributed by atoms with Crippen LogP contribution in [0.25, 0.3) is 0 Å². The molecule has 1 aliphatic carbocycles. The van der Waals surface area contributed by atoms with E-state index in [4.69, 9.17) is 4.74 Å². The molecular formula is C20H20F3NO2. The van der Waals surface area contributed by atoms with Gasteiger partial charge in [0.25, 0.3) is 5.91 Å². The van der Waals surface area contributed by atoms with Crippen LogP contribution < -0.4 is 10.1 Å². The molecule has 0 radical (unpaired) electrons. The van der Waals surface area contributed by atoms with Crippen molar-refractivity contribution in [3.8, 4) is 5.75 Å². The smallest absolute Gasteiger partial charge is 0.418 e. The molecular weight excluding hydrogens is 343 g/mol. The number of para-hydroxylation sites is 1. The monoisotopic (exact) mass is 363 g/mol. The Hall–Kier alpha value is -2.50. The highest BCUT2D eigenvalue weighted by Crippen LogP contribution is 2.34. The summed E-state index contributed by atoms with van der Waals surface area (Å²) < 4.78 is 44.7. The number of hydrogen-bond acceptors (Lipinski definition) is 2. The quantitative estimate of drug-likeness (QED) is 0.831. The number of hydrogen-bond donors (Lipinski definition) is 1. The standard InChI is InChI=1S/C20H20F3NO2/c1-13(26-16-11-10-14-6-2-3-7-15(14)12-16)19(25)24-18-9-5-4-8-17(18)20(21,22)23/h4-5,8-13H,2-3,6-7H2,1H3,(H,24,25). The van der Waals surface area contributed by atoms with Gasteiger partial charge in [0.1, 0.15) is 5.75 Å². The molecule has 26 heavy (non-hydrogen) atoms. The number of ether oxygens (including phenoxy) is 1. The number of anilines is 1. The lowest BCUT2D eigenvalue weighted by atomic mass is 9.92. The Morgan fingerprint density at radius 3 is 2.50 bits per heavy atom. The number of carbonyl (C=O) groups is 1. The van der Waals surface area contributed by atoms with Gasteiger partial charge in [0.05, 0.1) is 11.3 Å². The highest BCUT2D eigenvalue weighted by molar-refractivity contribution is 5.94. The minimum atomic E-state index is -4.54. The van der Waals surface area contributed by atoms with E-state index in [1.165, 1.54) is 42.7 Å². The Labute approximate surface area is 150 Å². The molecule has 0 heterocycles. The van der Waals surface area contributed by atoms with Crippen LogP contribution in [0.15, 0.2) is 42.5 Å². The minimum absolute atomic E-state index is 0.272. The Balaban J connectivity index is 1.69. The molecule has 0 aromatic heterocycles. The molecule has 0 fully saturated rings. The molecule has 3 nitrogen and oxygen atoms in total. The second-order valence-electron chi connectivity index (χ2n) is 6.43. The van der Waals surface area contributed by atoms with Gasteiger partial charge in [-0.2, -0.15) is 13.2 Å². The summed E-state index contributed by atoms with van der Waals surface area (Å²) in [6.45, 7) is 1.52. The van der Waals surface area contributed by atoms with E-state index >= 15 is 0 Å². The first kappa shape index (κ1) is 18.3. The second kappa shape index (κ2) is 7.40. The number of nitrogens with one attached hydrogen (secondary N) is 1. The van der Waals surface area contributed by atoms with Gasteiger partial charge in [-0.3, -0.25) is 4.79 Å². The molecule has 1 amide bonds. The Kier molecular flexibility index (Phi) is 5.20. The third-order valence-electron chi connectivity index (χ3n) is 4.49. The summed E-state index contributed by atoms with van der Waals surface area (Å²) in [6, 6.07) is 10.6. The molecule has 0 bridgehead atoms. The number of amides is 1. The van der Waals surface area contributed by atoms with Crippen LogP contribution in [-0.4, -0.2) is 12.0 Å². The van der Waals surface area contributed by atoms with Crippen LogP contribution in [0.3, 0.4) is 0 Å². The van der Waals surface area contributed by atoms with Crippen LogP contribution in [0.2, 0.25) is 0 Å². The van der Waals surface area contributed by atoms with Gasteiger partial charge in [0.2, 0.25) is 0 Å². The summed E-state index contributed by atoms with van der Waals surface area (Å²) in [5.41, 5.74) is 1.35. The first-order valence-corrected chi connectivity index (χ1v) is 8.60. The van der Waals surface area contributed by atoms with Crippen LogP contribution in [0, 0.1) is 0 Å². The van der Waals surface area contributed by atoms with Gasteiger partial charge >= 0.3 is 6.18 Å². The van der Waals surface area contributed by atoms with Crippen LogP contribution >= 0.6 is 0 Å². The van der Waals surface area contributed by atoms with Crippen molar-refractivity contribution in [1.29, 1.82) is 0 Å². The Morgan fingerprint density at radius 2 is 1.77 bits per heavy atom. The normalized spacial score (nSPS) is 15.1. The van der Waals surface area contributed by atoms with Crippen LogP contribution in [0.5, 0.6) is 5.75 Å².